The molecule has 0 radical (unpaired) electrons. The minimum atomic E-state index is -4.08. The highest BCUT2D eigenvalue weighted by atomic mass is 32.2. The number of benzene rings is 2. The second-order valence-corrected chi connectivity index (χ2v) is 15.8. The molecule has 2 fully saturated rings. The van der Waals surface area contributed by atoms with E-state index in [9.17, 15) is 18.0 Å². The van der Waals surface area contributed by atoms with Crippen LogP contribution in [-0.2, 0) is 32.7 Å². The van der Waals surface area contributed by atoms with Crippen molar-refractivity contribution in [1.29, 1.82) is 0 Å². The minimum absolute atomic E-state index is 0.0777. The normalized spacial score (nSPS) is 17.7. The van der Waals surface area contributed by atoms with Crippen LogP contribution in [-0.4, -0.2) is 53.6 Å². The molecule has 1 spiro atoms. The Labute approximate surface area is 290 Å². The molecule has 1 N–H and O–H groups in total. The molecule has 6 rings (SSSR count). The van der Waals surface area contributed by atoms with Crippen molar-refractivity contribution in [1.82, 2.24) is 15.0 Å². The lowest BCUT2D eigenvalue weighted by Crippen LogP contribution is -2.40. The lowest BCUT2D eigenvalue weighted by Gasteiger charge is -2.25. The zero-order valence-electron chi connectivity index (χ0n) is 29.3. The van der Waals surface area contributed by atoms with E-state index in [0.29, 0.717) is 47.8 Å². The van der Waals surface area contributed by atoms with Crippen LogP contribution in [0.1, 0.15) is 106 Å². The van der Waals surface area contributed by atoms with Crippen LogP contribution in [0.5, 0.6) is 0 Å². The van der Waals surface area contributed by atoms with Crippen molar-refractivity contribution in [3.63, 3.8) is 0 Å². The van der Waals surface area contributed by atoms with Gasteiger partial charge in [-0.3, -0.25) is 19.5 Å². The number of sulfonamides is 1. The number of nitrogens with one attached hydrogen (secondary N) is 1. The number of hydrogen-bond donors (Lipinski definition) is 1. The van der Waals surface area contributed by atoms with Gasteiger partial charge in [0.15, 0.2) is 0 Å². The van der Waals surface area contributed by atoms with E-state index in [1.807, 2.05) is 36.2 Å². The molecule has 2 aromatic carbocycles. The Kier molecular flexibility index (Phi) is 10.3. The van der Waals surface area contributed by atoms with E-state index in [0.717, 1.165) is 74.7 Å². The molecule has 2 heterocycles. The van der Waals surface area contributed by atoms with Crippen LogP contribution in [0.3, 0.4) is 0 Å². The van der Waals surface area contributed by atoms with E-state index < -0.39 is 15.6 Å². The number of carbonyl (C=O) groups is 2. The summed E-state index contributed by atoms with van der Waals surface area (Å²) in [6, 6.07) is 12.8. The molecule has 3 aromatic rings. The summed E-state index contributed by atoms with van der Waals surface area (Å²) < 4.78 is 35.6. The van der Waals surface area contributed by atoms with E-state index >= 15 is 0 Å². The molecule has 1 aromatic heterocycles. The Hall–Kier alpha value is -3.99. The highest BCUT2D eigenvalue weighted by molar-refractivity contribution is 7.92. The van der Waals surface area contributed by atoms with Gasteiger partial charge in [-0.1, -0.05) is 80.6 Å². The minimum Gasteiger partial charge on any atom is -0.341 e. The number of carbonyl (C=O) groups excluding carboxylic acids is 2. The molecule has 49 heavy (non-hydrogen) atoms. The van der Waals surface area contributed by atoms with Gasteiger partial charge in [-0.2, -0.15) is 0 Å². The van der Waals surface area contributed by atoms with Gasteiger partial charge in [0.1, 0.15) is 11.4 Å². The topological polar surface area (TPSA) is 125 Å². The van der Waals surface area contributed by atoms with Gasteiger partial charge in [-0.15, -0.1) is 0 Å². The van der Waals surface area contributed by atoms with Crippen molar-refractivity contribution in [2.24, 2.45) is 10.9 Å². The Morgan fingerprint density at radius 3 is 2.49 bits per heavy atom. The van der Waals surface area contributed by atoms with Gasteiger partial charge in [0.2, 0.25) is 11.8 Å². The maximum absolute atomic E-state index is 13.9. The third kappa shape index (κ3) is 7.32. The molecule has 10 nitrogen and oxygen atoms in total. The van der Waals surface area contributed by atoms with Gasteiger partial charge in [0.05, 0.1) is 17.1 Å². The van der Waals surface area contributed by atoms with Gasteiger partial charge in [-0.05, 0) is 74.6 Å². The first-order valence-electron chi connectivity index (χ1n) is 17.8. The molecule has 2 amide bonds. The quantitative estimate of drug-likeness (QED) is 0.198. The highest BCUT2D eigenvalue weighted by Gasteiger charge is 2.49. The number of aliphatic imine (C=N–C) groups is 1. The molecule has 1 aliphatic heterocycles. The van der Waals surface area contributed by atoms with Gasteiger partial charge >= 0.3 is 0 Å². The van der Waals surface area contributed by atoms with Gasteiger partial charge in [0, 0.05) is 37.6 Å². The van der Waals surface area contributed by atoms with Crippen LogP contribution in [0, 0.1) is 19.8 Å². The molecule has 0 atom stereocenters. The van der Waals surface area contributed by atoms with Crippen molar-refractivity contribution in [3.05, 3.63) is 64.8 Å². The van der Waals surface area contributed by atoms with E-state index in [2.05, 4.69) is 16.8 Å². The monoisotopic (exact) mass is 687 g/mol. The predicted octanol–water partition coefficient (Wildman–Crippen LogP) is 7.54. The Bertz CT molecular complexity index is 1840. The van der Waals surface area contributed by atoms with E-state index in [1.165, 1.54) is 12.8 Å². The summed E-state index contributed by atoms with van der Waals surface area (Å²) in [5.74, 6) is 1.52. The Morgan fingerprint density at radius 1 is 1.06 bits per heavy atom. The van der Waals surface area contributed by atoms with Crippen molar-refractivity contribution < 1.29 is 22.5 Å². The standard InChI is InChI=1S/C38H49N5O5S/c1-5-6-17-34-39-38(20-11-12-21-38)37(45)43(34)24-29-18-19-31(30(22-29)25-42(4)35(44)23-28-13-7-8-14-28)32-15-9-10-16-33(32)49(46,47)41-36-26(2)27(3)40-48-36/h9-10,15-16,18-19,22,28,41H,5-8,11-14,17,20-21,23-25H2,1-4H3. The molecular weight excluding hydrogens is 639 g/mol. The summed E-state index contributed by atoms with van der Waals surface area (Å²) in [7, 11) is -2.26. The van der Waals surface area contributed by atoms with Crippen molar-refractivity contribution >= 4 is 33.6 Å². The third-order valence-electron chi connectivity index (χ3n) is 10.6. The fourth-order valence-corrected chi connectivity index (χ4v) is 8.86. The summed E-state index contributed by atoms with van der Waals surface area (Å²) in [5, 5.41) is 3.90. The number of aromatic nitrogens is 1. The molecule has 11 heteroatoms. The molecule has 0 unspecified atom stereocenters. The summed E-state index contributed by atoms with van der Waals surface area (Å²) in [6.45, 7) is 6.32. The number of unbranched alkanes of at least 4 members (excludes halogenated alkanes) is 1. The summed E-state index contributed by atoms with van der Waals surface area (Å²) >= 11 is 0. The second kappa shape index (κ2) is 14.5. The van der Waals surface area contributed by atoms with E-state index in [4.69, 9.17) is 9.52 Å². The van der Waals surface area contributed by atoms with Crippen molar-refractivity contribution in [2.45, 2.75) is 121 Å². The molecule has 262 valence electrons. The van der Waals surface area contributed by atoms with Crippen LogP contribution in [0.25, 0.3) is 11.1 Å². The van der Waals surface area contributed by atoms with E-state index in [1.54, 1.807) is 36.9 Å². The number of aryl methyl sites for hydroxylation is 1. The fourth-order valence-electron chi connectivity index (χ4n) is 7.59. The molecule has 2 saturated carbocycles. The molecule has 3 aliphatic rings. The molecule has 0 bridgehead atoms. The molecular formula is C38H49N5O5S. The van der Waals surface area contributed by atoms with Crippen LogP contribution >= 0.6 is 0 Å². The SMILES string of the molecule is CCCCC1=NC2(CCCC2)C(=O)N1Cc1ccc(-c2ccccc2S(=O)(=O)Nc2onc(C)c2C)c(CN(C)C(=O)CC2CCCC2)c1. The zero-order chi connectivity index (χ0) is 34.8. The summed E-state index contributed by atoms with van der Waals surface area (Å²) in [4.78, 5) is 36.1. The van der Waals surface area contributed by atoms with Crippen LogP contribution in [0.4, 0.5) is 5.88 Å². The van der Waals surface area contributed by atoms with Crippen molar-refractivity contribution in [3.8, 4) is 11.1 Å². The number of hydrogen-bond acceptors (Lipinski definition) is 7. The number of anilines is 1. The van der Waals surface area contributed by atoms with Gasteiger partial charge in [-0.25, -0.2) is 13.1 Å². The summed E-state index contributed by atoms with van der Waals surface area (Å²) in [6.07, 6.45) is 11.4. The number of nitrogens with zero attached hydrogens (tertiary/aromatic N) is 4. The molecule has 0 saturated heterocycles. The second-order valence-electron chi connectivity index (χ2n) is 14.2. The maximum atomic E-state index is 13.9. The fraction of sp³-hybridized carbons (Fsp3) is 0.526. The number of amides is 2. The average molecular weight is 688 g/mol. The first-order valence-corrected chi connectivity index (χ1v) is 19.3. The maximum Gasteiger partial charge on any atom is 0.264 e. The lowest BCUT2D eigenvalue weighted by molar-refractivity contribution is -0.132. The lowest BCUT2D eigenvalue weighted by atomic mass is 9.95. The third-order valence-corrected chi connectivity index (χ3v) is 12.0. The van der Waals surface area contributed by atoms with Crippen LogP contribution in [0.15, 0.2) is 56.9 Å². The zero-order valence-corrected chi connectivity index (χ0v) is 30.1. The number of rotatable bonds is 13. The van der Waals surface area contributed by atoms with E-state index in [-0.39, 0.29) is 22.6 Å². The van der Waals surface area contributed by atoms with Crippen molar-refractivity contribution in [2.75, 3.05) is 11.8 Å². The summed E-state index contributed by atoms with van der Waals surface area (Å²) in [5.41, 5.74) is 3.53. The average Bonchev–Trinajstić information content (AvgIpc) is 3.89. The largest absolute Gasteiger partial charge is 0.341 e. The van der Waals surface area contributed by atoms with Crippen LogP contribution in [0.2, 0.25) is 0 Å². The smallest absolute Gasteiger partial charge is 0.264 e. The predicted molar refractivity (Wildman–Crippen MR) is 190 cm³/mol. The molecule has 2 aliphatic carbocycles. The van der Waals surface area contributed by atoms with Gasteiger partial charge < -0.3 is 9.42 Å². The number of amidine groups is 1. The Morgan fingerprint density at radius 2 is 1.80 bits per heavy atom. The van der Waals surface area contributed by atoms with Crippen LogP contribution < -0.4 is 4.72 Å². The first-order chi connectivity index (χ1) is 23.5. The first kappa shape index (κ1) is 34.9. The highest BCUT2D eigenvalue weighted by Crippen LogP contribution is 2.41. The van der Waals surface area contributed by atoms with Gasteiger partial charge in [0.25, 0.3) is 15.9 Å². The Balaban J connectivity index is 1.36.